The Kier molecular flexibility index (Phi) is 2.29. The van der Waals surface area contributed by atoms with Crippen molar-refractivity contribution in [2.75, 3.05) is 0 Å². The van der Waals surface area contributed by atoms with Gasteiger partial charge in [0.15, 0.2) is 5.82 Å². The minimum Gasteiger partial charge on any atom is -0.508 e. The van der Waals surface area contributed by atoms with Crippen molar-refractivity contribution in [1.29, 1.82) is 0 Å². The molecule has 0 spiro atoms. The molecular formula is C10H10N4O. The van der Waals surface area contributed by atoms with E-state index in [1.807, 2.05) is 6.07 Å². The number of benzene rings is 1. The fourth-order valence-electron chi connectivity index (χ4n) is 1.25. The lowest BCUT2D eigenvalue weighted by molar-refractivity contribution is 0.471. The van der Waals surface area contributed by atoms with Crippen LogP contribution in [0.1, 0.15) is 11.4 Å². The SMILES string of the molecule is Cc1nnc(-c2cccc(O)c2C)nn1. The first kappa shape index (κ1) is 9.51. The lowest BCUT2D eigenvalue weighted by atomic mass is 10.1. The van der Waals surface area contributed by atoms with Crippen LogP contribution in [0.4, 0.5) is 0 Å². The van der Waals surface area contributed by atoms with E-state index in [2.05, 4.69) is 20.4 Å². The molecular weight excluding hydrogens is 192 g/mol. The number of aromatic hydroxyl groups is 1. The van der Waals surface area contributed by atoms with E-state index < -0.39 is 0 Å². The molecule has 0 radical (unpaired) electrons. The van der Waals surface area contributed by atoms with Crippen LogP contribution in [0.2, 0.25) is 0 Å². The zero-order chi connectivity index (χ0) is 10.8. The Morgan fingerprint density at radius 3 is 2.33 bits per heavy atom. The Morgan fingerprint density at radius 2 is 1.67 bits per heavy atom. The molecule has 0 aliphatic heterocycles. The van der Waals surface area contributed by atoms with Gasteiger partial charge >= 0.3 is 0 Å². The van der Waals surface area contributed by atoms with Crippen molar-refractivity contribution in [2.24, 2.45) is 0 Å². The van der Waals surface area contributed by atoms with Crippen LogP contribution in [-0.4, -0.2) is 25.5 Å². The molecule has 2 aromatic rings. The molecule has 0 atom stereocenters. The van der Waals surface area contributed by atoms with E-state index in [0.717, 1.165) is 11.1 Å². The second-order valence-corrected chi connectivity index (χ2v) is 3.22. The van der Waals surface area contributed by atoms with Gasteiger partial charge in [-0.15, -0.1) is 20.4 Å². The fourth-order valence-corrected chi connectivity index (χ4v) is 1.25. The minimum absolute atomic E-state index is 0.219. The van der Waals surface area contributed by atoms with Crippen LogP contribution in [0.3, 0.4) is 0 Å². The van der Waals surface area contributed by atoms with Gasteiger partial charge in [-0.05, 0) is 19.9 Å². The fraction of sp³-hybridized carbons (Fsp3) is 0.200. The van der Waals surface area contributed by atoms with Gasteiger partial charge in [0, 0.05) is 11.1 Å². The molecule has 0 unspecified atom stereocenters. The summed E-state index contributed by atoms with van der Waals surface area (Å²) in [5, 5.41) is 25.0. The molecule has 0 bridgehead atoms. The molecule has 5 nitrogen and oxygen atoms in total. The number of rotatable bonds is 1. The summed E-state index contributed by atoms with van der Waals surface area (Å²) in [6.07, 6.45) is 0. The standard InChI is InChI=1S/C10H10N4O/c1-6-8(4-3-5-9(6)15)10-13-11-7(2)12-14-10/h3-5,15H,1-2H3. The molecule has 0 amide bonds. The Bertz CT molecular complexity index is 481. The van der Waals surface area contributed by atoms with E-state index >= 15 is 0 Å². The second kappa shape index (κ2) is 3.61. The van der Waals surface area contributed by atoms with Gasteiger partial charge in [-0.3, -0.25) is 0 Å². The summed E-state index contributed by atoms with van der Waals surface area (Å²) in [7, 11) is 0. The molecule has 1 aromatic carbocycles. The Labute approximate surface area is 86.8 Å². The van der Waals surface area contributed by atoms with Crippen LogP contribution in [-0.2, 0) is 0 Å². The highest BCUT2D eigenvalue weighted by atomic mass is 16.3. The zero-order valence-electron chi connectivity index (χ0n) is 8.47. The average molecular weight is 202 g/mol. The van der Waals surface area contributed by atoms with Crippen LogP contribution in [0, 0.1) is 13.8 Å². The molecule has 76 valence electrons. The number of phenols is 1. The van der Waals surface area contributed by atoms with Gasteiger partial charge < -0.3 is 5.11 Å². The smallest absolute Gasteiger partial charge is 0.204 e. The number of aryl methyl sites for hydroxylation is 1. The van der Waals surface area contributed by atoms with E-state index in [1.165, 1.54) is 0 Å². The average Bonchev–Trinajstić information content (AvgIpc) is 2.24. The first-order chi connectivity index (χ1) is 7.18. The largest absolute Gasteiger partial charge is 0.508 e. The van der Waals surface area contributed by atoms with E-state index in [0.29, 0.717) is 11.6 Å². The Hall–Kier alpha value is -2.04. The quantitative estimate of drug-likeness (QED) is 0.753. The number of aromatic nitrogens is 4. The van der Waals surface area contributed by atoms with Crippen molar-refractivity contribution in [1.82, 2.24) is 20.4 Å². The van der Waals surface area contributed by atoms with Crippen LogP contribution in [0.5, 0.6) is 5.75 Å². The summed E-state index contributed by atoms with van der Waals surface area (Å²) in [6, 6.07) is 5.18. The number of phenolic OH excluding ortho intramolecular Hbond substituents is 1. The van der Waals surface area contributed by atoms with Crippen LogP contribution in [0.15, 0.2) is 18.2 Å². The van der Waals surface area contributed by atoms with E-state index in [-0.39, 0.29) is 5.75 Å². The van der Waals surface area contributed by atoms with Gasteiger partial charge in [0.1, 0.15) is 5.75 Å². The number of nitrogens with zero attached hydrogens (tertiary/aromatic N) is 4. The minimum atomic E-state index is 0.219. The van der Waals surface area contributed by atoms with E-state index in [4.69, 9.17) is 0 Å². The lowest BCUT2D eigenvalue weighted by Gasteiger charge is -2.04. The Morgan fingerprint density at radius 1 is 1.00 bits per heavy atom. The third kappa shape index (κ3) is 1.76. The van der Waals surface area contributed by atoms with Crippen molar-refractivity contribution < 1.29 is 5.11 Å². The van der Waals surface area contributed by atoms with Crippen LogP contribution >= 0.6 is 0 Å². The Balaban J connectivity index is 2.54. The molecule has 0 aliphatic carbocycles. The second-order valence-electron chi connectivity index (χ2n) is 3.22. The van der Waals surface area contributed by atoms with Gasteiger partial charge in [-0.1, -0.05) is 12.1 Å². The first-order valence-corrected chi connectivity index (χ1v) is 4.51. The van der Waals surface area contributed by atoms with Crippen molar-refractivity contribution >= 4 is 0 Å². The molecule has 2 rings (SSSR count). The molecule has 0 aliphatic rings. The molecule has 0 fully saturated rings. The summed E-state index contributed by atoms with van der Waals surface area (Å²) in [5.74, 6) is 1.17. The zero-order valence-corrected chi connectivity index (χ0v) is 8.47. The van der Waals surface area contributed by atoms with Crippen molar-refractivity contribution in [3.8, 4) is 17.1 Å². The number of hydrogen-bond donors (Lipinski definition) is 1. The molecule has 1 N–H and O–H groups in total. The summed E-state index contributed by atoms with van der Waals surface area (Å²) >= 11 is 0. The van der Waals surface area contributed by atoms with Crippen LogP contribution in [0.25, 0.3) is 11.4 Å². The molecule has 1 aromatic heterocycles. The van der Waals surface area contributed by atoms with Crippen molar-refractivity contribution in [2.45, 2.75) is 13.8 Å². The third-order valence-corrected chi connectivity index (χ3v) is 2.12. The maximum atomic E-state index is 9.52. The molecule has 5 heteroatoms. The van der Waals surface area contributed by atoms with Gasteiger partial charge in [-0.2, -0.15) is 0 Å². The van der Waals surface area contributed by atoms with Gasteiger partial charge in [0.25, 0.3) is 0 Å². The van der Waals surface area contributed by atoms with Crippen molar-refractivity contribution in [3.63, 3.8) is 0 Å². The topological polar surface area (TPSA) is 71.8 Å². The number of hydrogen-bond acceptors (Lipinski definition) is 5. The first-order valence-electron chi connectivity index (χ1n) is 4.51. The third-order valence-electron chi connectivity index (χ3n) is 2.12. The summed E-state index contributed by atoms with van der Waals surface area (Å²) in [4.78, 5) is 0. The predicted molar refractivity (Wildman–Crippen MR) is 54.2 cm³/mol. The van der Waals surface area contributed by atoms with Crippen LogP contribution < -0.4 is 0 Å². The van der Waals surface area contributed by atoms with Gasteiger partial charge in [-0.25, -0.2) is 0 Å². The van der Waals surface area contributed by atoms with Crippen molar-refractivity contribution in [3.05, 3.63) is 29.6 Å². The van der Waals surface area contributed by atoms with Gasteiger partial charge in [0.05, 0.1) is 0 Å². The highest BCUT2D eigenvalue weighted by Crippen LogP contribution is 2.25. The highest BCUT2D eigenvalue weighted by Gasteiger charge is 2.08. The molecule has 15 heavy (non-hydrogen) atoms. The molecule has 1 heterocycles. The lowest BCUT2D eigenvalue weighted by Crippen LogP contribution is -1.99. The molecule has 0 saturated carbocycles. The summed E-state index contributed by atoms with van der Waals surface area (Å²) in [6.45, 7) is 3.52. The van der Waals surface area contributed by atoms with E-state index in [1.54, 1.807) is 26.0 Å². The maximum absolute atomic E-state index is 9.52. The van der Waals surface area contributed by atoms with E-state index in [9.17, 15) is 5.11 Å². The summed E-state index contributed by atoms with van der Waals surface area (Å²) in [5.41, 5.74) is 1.47. The monoisotopic (exact) mass is 202 g/mol. The maximum Gasteiger partial charge on any atom is 0.204 e. The highest BCUT2D eigenvalue weighted by molar-refractivity contribution is 5.62. The van der Waals surface area contributed by atoms with Gasteiger partial charge in [0.2, 0.25) is 5.82 Å². The molecule has 0 saturated heterocycles. The predicted octanol–water partition coefficient (Wildman–Crippen LogP) is 1.26. The summed E-state index contributed by atoms with van der Waals surface area (Å²) < 4.78 is 0. The normalized spacial score (nSPS) is 10.3.